The quantitative estimate of drug-likeness (QED) is 0.517. The highest BCUT2D eigenvalue weighted by molar-refractivity contribution is 5.77. The first-order valence-electron chi connectivity index (χ1n) is 4.47. The van der Waals surface area contributed by atoms with Crippen LogP contribution < -0.4 is 5.32 Å². The lowest BCUT2D eigenvalue weighted by Gasteiger charge is -2.06. The van der Waals surface area contributed by atoms with Gasteiger partial charge in [0.1, 0.15) is 0 Å². The lowest BCUT2D eigenvalue weighted by molar-refractivity contribution is -0.126. The second-order valence-electron chi connectivity index (χ2n) is 3.49. The fourth-order valence-corrected chi connectivity index (χ4v) is 0.624. The number of amides is 1. The molecular weight excluding hydrogens is 168 g/mol. The molecule has 0 aliphatic carbocycles. The number of nitrogens with zero attached hydrogens (tertiary/aromatic N) is 1. The summed E-state index contributed by atoms with van der Waals surface area (Å²) in [4.78, 5) is 15.8. The van der Waals surface area contributed by atoms with Crippen molar-refractivity contribution in [3.8, 4) is 0 Å². The molecule has 0 saturated heterocycles. The molecular formula is C9H18N2O2. The van der Waals surface area contributed by atoms with Crippen molar-refractivity contribution in [3.05, 3.63) is 0 Å². The van der Waals surface area contributed by atoms with Gasteiger partial charge in [-0.15, -0.1) is 0 Å². The van der Waals surface area contributed by atoms with Crippen LogP contribution in [0.15, 0.2) is 5.16 Å². The van der Waals surface area contributed by atoms with Gasteiger partial charge in [0.25, 0.3) is 5.91 Å². The Morgan fingerprint density at radius 1 is 1.46 bits per heavy atom. The Hall–Kier alpha value is -1.06. The van der Waals surface area contributed by atoms with Gasteiger partial charge in [-0.25, -0.2) is 0 Å². The molecule has 0 unspecified atom stereocenters. The van der Waals surface area contributed by atoms with Gasteiger partial charge >= 0.3 is 0 Å². The number of hydrogen-bond donors (Lipinski definition) is 1. The smallest absolute Gasteiger partial charge is 0.260 e. The predicted octanol–water partition coefficient (Wildman–Crippen LogP) is 1.17. The molecule has 0 heterocycles. The van der Waals surface area contributed by atoms with Crippen LogP contribution in [0.4, 0.5) is 0 Å². The zero-order chi connectivity index (χ0) is 10.3. The Bertz CT molecular complexity index is 176. The van der Waals surface area contributed by atoms with Gasteiger partial charge in [-0.3, -0.25) is 4.79 Å². The molecule has 0 spiro atoms. The largest absolute Gasteiger partial charge is 0.386 e. The standard InChI is InChI=1S/C9H18N2O2/c1-7(2)5-10-13-6-9(12)11-8(3)4/h5,7-8H,6H2,1-4H3,(H,11,12)/b10-5+. The molecule has 0 aromatic heterocycles. The lowest BCUT2D eigenvalue weighted by atomic mass is 10.3. The van der Waals surface area contributed by atoms with Crippen molar-refractivity contribution in [3.63, 3.8) is 0 Å². The second kappa shape index (κ2) is 6.46. The molecule has 0 fully saturated rings. The van der Waals surface area contributed by atoms with Crippen molar-refractivity contribution in [2.75, 3.05) is 6.61 Å². The molecule has 0 saturated carbocycles. The Morgan fingerprint density at radius 3 is 2.54 bits per heavy atom. The maximum absolute atomic E-state index is 11.0. The molecule has 4 nitrogen and oxygen atoms in total. The van der Waals surface area contributed by atoms with E-state index in [-0.39, 0.29) is 18.6 Å². The molecule has 0 radical (unpaired) electrons. The normalized spacial score (nSPS) is 11.2. The first-order valence-corrected chi connectivity index (χ1v) is 4.47. The van der Waals surface area contributed by atoms with E-state index in [2.05, 4.69) is 10.5 Å². The summed E-state index contributed by atoms with van der Waals surface area (Å²) in [5.74, 6) is 0.198. The molecule has 0 aromatic rings. The SMILES string of the molecule is CC(C)/C=N/OCC(=O)NC(C)C. The number of rotatable bonds is 5. The summed E-state index contributed by atoms with van der Waals surface area (Å²) in [6.45, 7) is 7.76. The Labute approximate surface area is 79.3 Å². The topological polar surface area (TPSA) is 50.7 Å². The van der Waals surface area contributed by atoms with Gasteiger partial charge in [0.15, 0.2) is 6.61 Å². The summed E-state index contributed by atoms with van der Waals surface area (Å²) in [6, 6.07) is 0.144. The summed E-state index contributed by atoms with van der Waals surface area (Å²) < 4.78 is 0. The first-order chi connectivity index (χ1) is 6.02. The van der Waals surface area contributed by atoms with Gasteiger partial charge < -0.3 is 10.2 Å². The number of carbonyl (C=O) groups is 1. The Balaban J connectivity index is 3.48. The average molecular weight is 186 g/mol. The fourth-order valence-electron chi connectivity index (χ4n) is 0.624. The van der Waals surface area contributed by atoms with Gasteiger partial charge in [0.05, 0.1) is 0 Å². The monoisotopic (exact) mass is 186 g/mol. The number of carbonyl (C=O) groups excluding carboxylic acids is 1. The highest BCUT2D eigenvalue weighted by Gasteiger charge is 2.01. The minimum atomic E-state index is -0.143. The highest BCUT2D eigenvalue weighted by Crippen LogP contribution is 1.86. The number of hydrogen-bond acceptors (Lipinski definition) is 3. The van der Waals surface area contributed by atoms with Gasteiger partial charge in [-0.05, 0) is 19.8 Å². The van der Waals surface area contributed by atoms with Crippen LogP contribution in [-0.2, 0) is 9.63 Å². The zero-order valence-electron chi connectivity index (χ0n) is 8.70. The third-order valence-corrected chi connectivity index (χ3v) is 1.08. The fraction of sp³-hybridized carbons (Fsp3) is 0.778. The summed E-state index contributed by atoms with van der Waals surface area (Å²) in [5, 5.41) is 6.33. The van der Waals surface area contributed by atoms with Crippen molar-refractivity contribution in [1.82, 2.24) is 5.32 Å². The van der Waals surface area contributed by atoms with E-state index in [0.717, 1.165) is 0 Å². The van der Waals surface area contributed by atoms with Crippen molar-refractivity contribution in [2.24, 2.45) is 11.1 Å². The molecule has 13 heavy (non-hydrogen) atoms. The third-order valence-electron chi connectivity index (χ3n) is 1.08. The van der Waals surface area contributed by atoms with Gasteiger partial charge in [0, 0.05) is 12.3 Å². The van der Waals surface area contributed by atoms with Crippen LogP contribution in [0.2, 0.25) is 0 Å². The molecule has 0 aliphatic rings. The summed E-state index contributed by atoms with van der Waals surface area (Å²) in [7, 11) is 0. The highest BCUT2D eigenvalue weighted by atomic mass is 16.6. The van der Waals surface area contributed by atoms with Crippen LogP contribution in [0.1, 0.15) is 27.7 Å². The van der Waals surface area contributed by atoms with Crippen molar-refractivity contribution in [2.45, 2.75) is 33.7 Å². The molecule has 4 heteroatoms. The van der Waals surface area contributed by atoms with E-state index in [9.17, 15) is 4.79 Å². The van der Waals surface area contributed by atoms with E-state index >= 15 is 0 Å². The lowest BCUT2D eigenvalue weighted by Crippen LogP contribution is -2.32. The molecule has 0 aromatic carbocycles. The summed E-state index contributed by atoms with van der Waals surface area (Å²) in [6.07, 6.45) is 1.66. The minimum absolute atomic E-state index is 0.0125. The number of nitrogens with one attached hydrogen (secondary N) is 1. The van der Waals surface area contributed by atoms with Crippen LogP contribution in [0.3, 0.4) is 0 Å². The maximum Gasteiger partial charge on any atom is 0.260 e. The molecule has 0 bridgehead atoms. The van der Waals surface area contributed by atoms with E-state index in [1.807, 2.05) is 27.7 Å². The van der Waals surface area contributed by atoms with Crippen molar-refractivity contribution >= 4 is 12.1 Å². The Kier molecular flexibility index (Phi) is 5.93. The third kappa shape index (κ3) is 8.85. The average Bonchev–Trinajstić information content (AvgIpc) is 1.96. The summed E-state index contributed by atoms with van der Waals surface area (Å²) >= 11 is 0. The van der Waals surface area contributed by atoms with Crippen LogP contribution in [0.25, 0.3) is 0 Å². The van der Waals surface area contributed by atoms with Crippen LogP contribution in [0.5, 0.6) is 0 Å². The van der Waals surface area contributed by atoms with Crippen LogP contribution >= 0.6 is 0 Å². The zero-order valence-corrected chi connectivity index (χ0v) is 8.70. The van der Waals surface area contributed by atoms with E-state index in [1.54, 1.807) is 6.21 Å². The molecule has 76 valence electrons. The maximum atomic E-state index is 11.0. The van der Waals surface area contributed by atoms with E-state index < -0.39 is 0 Å². The molecule has 0 rings (SSSR count). The molecule has 0 atom stereocenters. The minimum Gasteiger partial charge on any atom is -0.386 e. The van der Waals surface area contributed by atoms with Crippen molar-refractivity contribution < 1.29 is 9.63 Å². The van der Waals surface area contributed by atoms with Gasteiger partial charge in [-0.1, -0.05) is 19.0 Å². The van der Waals surface area contributed by atoms with Crippen molar-refractivity contribution in [1.29, 1.82) is 0 Å². The first kappa shape index (κ1) is 11.9. The number of oxime groups is 1. The van der Waals surface area contributed by atoms with Gasteiger partial charge in [-0.2, -0.15) is 0 Å². The van der Waals surface area contributed by atoms with E-state index in [1.165, 1.54) is 0 Å². The van der Waals surface area contributed by atoms with Crippen LogP contribution in [0, 0.1) is 5.92 Å². The van der Waals surface area contributed by atoms with E-state index in [4.69, 9.17) is 4.84 Å². The Morgan fingerprint density at radius 2 is 2.08 bits per heavy atom. The second-order valence-corrected chi connectivity index (χ2v) is 3.49. The molecule has 0 aliphatic heterocycles. The van der Waals surface area contributed by atoms with Gasteiger partial charge in [0.2, 0.25) is 0 Å². The molecule has 1 N–H and O–H groups in total. The predicted molar refractivity (Wildman–Crippen MR) is 52.6 cm³/mol. The summed E-state index contributed by atoms with van der Waals surface area (Å²) in [5.41, 5.74) is 0. The van der Waals surface area contributed by atoms with Crippen LogP contribution in [-0.4, -0.2) is 24.8 Å². The van der Waals surface area contributed by atoms with E-state index in [0.29, 0.717) is 5.92 Å². The molecule has 1 amide bonds.